The Morgan fingerprint density at radius 3 is 2.75 bits per heavy atom. The van der Waals surface area contributed by atoms with Gasteiger partial charge in [-0.05, 0) is 59.5 Å². The molecule has 0 unspecified atom stereocenters. The molecule has 1 amide bonds. The Hall–Kier alpha value is -1.95. The number of hydrogen-bond donors (Lipinski definition) is 2. The minimum atomic E-state index is -0.129. The van der Waals surface area contributed by atoms with Crippen molar-refractivity contribution in [3.05, 3.63) is 46.2 Å². The molecule has 0 radical (unpaired) electrons. The molecule has 1 saturated carbocycles. The lowest BCUT2D eigenvalue weighted by molar-refractivity contribution is 0.0922. The van der Waals surface area contributed by atoms with E-state index < -0.39 is 0 Å². The van der Waals surface area contributed by atoms with Crippen molar-refractivity contribution in [3.63, 3.8) is 0 Å². The molecule has 2 N–H and O–H groups in total. The van der Waals surface area contributed by atoms with Gasteiger partial charge in [0.1, 0.15) is 5.69 Å². The number of aromatic nitrogens is 2. The monoisotopic (exact) mass is 388 g/mol. The molecule has 6 heteroatoms. The van der Waals surface area contributed by atoms with E-state index in [-0.39, 0.29) is 11.9 Å². The van der Waals surface area contributed by atoms with Crippen LogP contribution in [-0.2, 0) is 0 Å². The van der Waals surface area contributed by atoms with Crippen molar-refractivity contribution in [1.29, 1.82) is 0 Å². The van der Waals surface area contributed by atoms with Crippen molar-refractivity contribution in [2.24, 2.45) is 0 Å². The standard InChI is InChI=1S/C18H21BrN4O/c1-12-7-8-15(14(19)11-12)22-18-20-10-9-16(23-18)17(24)21-13-5-3-2-4-6-13/h7-11,13H,2-6H2,1H3,(H,21,24)(H,20,22,23). The molecule has 1 aromatic carbocycles. The highest BCUT2D eigenvalue weighted by Crippen LogP contribution is 2.25. The van der Waals surface area contributed by atoms with Gasteiger partial charge in [0.05, 0.1) is 5.69 Å². The molecule has 2 aromatic rings. The van der Waals surface area contributed by atoms with Gasteiger partial charge in [0, 0.05) is 16.7 Å². The third kappa shape index (κ3) is 4.32. The maximum absolute atomic E-state index is 12.4. The number of carbonyl (C=O) groups excluding carboxylic acids is 1. The second kappa shape index (κ2) is 7.75. The number of hydrogen-bond acceptors (Lipinski definition) is 4. The van der Waals surface area contributed by atoms with Crippen LogP contribution in [-0.4, -0.2) is 21.9 Å². The maximum Gasteiger partial charge on any atom is 0.270 e. The number of carbonyl (C=O) groups is 1. The number of anilines is 2. The number of nitrogens with zero attached hydrogens (tertiary/aromatic N) is 2. The van der Waals surface area contributed by atoms with Gasteiger partial charge < -0.3 is 10.6 Å². The van der Waals surface area contributed by atoms with Crippen LogP contribution in [0.1, 0.15) is 48.2 Å². The summed E-state index contributed by atoms with van der Waals surface area (Å²) in [5, 5.41) is 6.23. The number of amides is 1. The molecule has 126 valence electrons. The van der Waals surface area contributed by atoms with Gasteiger partial charge in [-0.15, -0.1) is 0 Å². The van der Waals surface area contributed by atoms with Gasteiger partial charge in [-0.25, -0.2) is 9.97 Å². The van der Waals surface area contributed by atoms with Crippen LogP contribution in [0, 0.1) is 6.92 Å². The first-order valence-corrected chi connectivity index (χ1v) is 9.08. The number of rotatable bonds is 4. The Morgan fingerprint density at radius 2 is 2.00 bits per heavy atom. The molecule has 5 nitrogen and oxygen atoms in total. The fraction of sp³-hybridized carbons (Fsp3) is 0.389. The van der Waals surface area contributed by atoms with Crippen molar-refractivity contribution in [2.75, 3.05) is 5.32 Å². The van der Waals surface area contributed by atoms with Crippen molar-refractivity contribution in [2.45, 2.75) is 45.1 Å². The van der Waals surface area contributed by atoms with Crippen LogP contribution in [0.5, 0.6) is 0 Å². The Labute approximate surface area is 150 Å². The quantitative estimate of drug-likeness (QED) is 0.816. The van der Waals surface area contributed by atoms with Crippen LogP contribution < -0.4 is 10.6 Å². The zero-order valence-corrected chi connectivity index (χ0v) is 15.3. The summed E-state index contributed by atoms with van der Waals surface area (Å²) < 4.78 is 0.933. The third-order valence-electron chi connectivity index (χ3n) is 4.20. The summed E-state index contributed by atoms with van der Waals surface area (Å²) in [5.74, 6) is 0.283. The van der Waals surface area contributed by atoms with E-state index in [4.69, 9.17) is 0 Å². The molecule has 1 aliphatic rings. The largest absolute Gasteiger partial charge is 0.348 e. The Balaban J connectivity index is 1.70. The fourth-order valence-electron chi connectivity index (χ4n) is 2.89. The molecule has 0 bridgehead atoms. The Bertz CT molecular complexity index is 729. The van der Waals surface area contributed by atoms with E-state index in [9.17, 15) is 4.79 Å². The number of halogens is 1. The highest BCUT2D eigenvalue weighted by atomic mass is 79.9. The predicted molar refractivity (Wildman–Crippen MR) is 98.5 cm³/mol. The molecule has 1 aliphatic carbocycles. The lowest BCUT2D eigenvalue weighted by Gasteiger charge is -2.22. The van der Waals surface area contributed by atoms with Gasteiger partial charge in [-0.1, -0.05) is 25.3 Å². The van der Waals surface area contributed by atoms with Crippen LogP contribution in [0.4, 0.5) is 11.6 Å². The van der Waals surface area contributed by atoms with E-state index in [0.29, 0.717) is 11.6 Å². The number of benzene rings is 1. The average molecular weight is 389 g/mol. The minimum Gasteiger partial charge on any atom is -0.348 e. The third-order valence-corrected chi connectivity index (χ3v) is 4.86. The van der Waals surface area contributed by atoms with Crippen molar-refractivity contribution < 1.29 is 4.79 Å². The highest BCUT2D eigenvalue weighted by Gasteiger charge is 2.17. The summed E-state index contributed by atoms with van der Waals surface area (Å²) in [6.45, 7) is 2.03. The van der Waals surface area contributed by atoms with Gasteiger partial charge in [0.25, 0.3) is 5.91 Å². The summed E-state index contributed by atoms with van der Waals surface area (Å²) in [5.41, 5.74) is 2.42. The lowest BCUT2D eigenvalue weighted by atomic mass is 9.95. The van der Waals surface area contributed by atoms with Crippen LogP contribution in [0.2, 0.25) is 0 Å². The van der Waals surface area contributed by atoms with E-state index in [1.54, 1.807) is 12.3 Å². The first-order valence-electron chi connectivity index (χ1n) is 8.29. The molecular weight excluding hydrogens is 368 g/mol. The smallest absolute Gasteiger partial charge is 0.270 e. The van der Waals surface area contributed by atoms with E-state index in [0.717, 1.165) is 28.6 Å². The average Bonchev–Trinajstić information content (AvgIpc) is 2.59. The molecule has 0 aliphatic heterocycles. The molecular formula is C18H21BrN4O. The zero-order chi connectivity index (χ0) is 16.9. The van der Waals surface area contributed by atoms with Gasteiger partial charge in [-0.2, -0.15) is 0 Å². The Morgan fingerprint density at radius 1 is 1.21 bits per heavy atom. The number of nitrogens with one attached hydrogen (secondary N) is 2. The summed E-state index contributed by atoms with van der Waals surface area (Å²) in [6.07, 6.45) is 7.34. The zero-order valence-electron chi connectivity index (χ0n) is 13.7. The van der Waals surface area contributed by atoms with Crippen LogP contribution in [0.15, 0.2) is 34.9 Å². The van der Waals surface area contributed by atoms with Crippen molar-refractivity contribution >= 4 is 33.5 Å². The molecule has 0 saturated heterocycles. The van der Waals surface area contributed by atoms with Crippen LogP contribution >= 0.6 is 15.9 Å². The highest BCUT2D eigenvalue weighted by molar-refractivity contribution is 9.10. The number of aryl methyl sites for hydroxylation is 1. The maximum atomic E-state index is 12.4. The topological polar surface area (TPSA) is 66.9 Å². The minimum absolute atomic E-state index is 0.129. The van der Waals surface area contributed by atoms with Gasteiger partial charge in [-0.3, -0.25) is 4.79 Å². The van der Waals surface area contributed by atoms with Gasteiger partial charge in [0.15, 0.2) is 0 Å². The summed E-state index contributed by atoms with van der Waals surface area (Å²) in [4.78, 5) is 20.9. The van der Waals surface area contributed by atoms with Crippen molar-refractivity contribution in [3.8, 4) is 0 Å². The predicted octanol–water partition coefficient (Wildman–Crippen LogP) is 4.35. The first-order chi connectivity index (χ1) is 11.6. The second-order valence-electron chi connectivity index (χ2n) is 6.18. The van der Waals surface area contributed by atoms with Crippen LogP contribution in [0.3, 0.4) is 0 Å². The van der Waals surface area contributed by atoms with E-state index >= 15 is 0 Å². The molecule has 24 heavy (non-hydrogen) atoms. The summed E-state index contributed by atoms with van der Waals surface area (Å²) >= 11 is 3.52. The molecule has 1 heterocycles. The molecule has 3 rings (SSSR count). The molecule has 1 aromatic heterocycles. The van der Waals surface area contributed by atoms with E-state index in [1.807, 2.05) is 25.1 Å². The molecule has 0 atom stereocenters. The fourth-order valence-corrected chi connectivity index (χ4v) is 3.49. The van der Waals surface area contributed by atoms with E-state index in [1.165, 1.54) is 19.3 Å². The SMILES string of the molecule is Cc1ccc(Nc2nccc(C(=O)NC3CCCCC3)n2)c(Br)c1. The van der Waals surface area contributed by atoms with Crippen molar-refractivity contribution in [1.82, 2.24) is 15.3 Å². The lowest BCUT2D eigenvalue weighted by Crippen LogP contribution is -2.36. The summed E-state index contributed by atoms with van der Waals surface area (Å²) in [6, 6.07) is 7.89. The molecule has 1 fully saturated rings. The Kier molecular flexibility index (Phi) is 5.45. The van der Waals surface area contributed by atoms with Crippen LogP contribution in [0.25, 0.3) is 0 Å². The molecule has 0 spiro atoms. The van der Waals surface area contributed by atoms with Gasteiger partial charge in [0.2, 0.25) is 5.95 Å². The normalized spacial score (nSPS) is 15.1. The summed E-state index contributed by atoms with van der Waals surface area (Å²) in [7, 11) is 0. The van der Waals surface area contributed by atoms with Gasteiger partial charge >= 0.3 is 0 Å². The second-order valence-corrected chi connectivity index (χ2v) is 7.04. The van der Waals surface area contributed by atoms with E-state index in [2.05, 4.69) is 36.5 Å². The first kappa shape index (κ1) is 16.9.